The van der Waals surface area contributed by atoms with Crippen molar-refractivity contribution in [1.82, 2.24) is 26.1 Å². The number of hydrazine groups is 1. The first-order chi connectivity index (χ1) is 25.0. The van der Waals surface area contributed by atoms with Gasteiger partial charge in [0.15, 0.2) is 6.29 Å². The van der Waals surface area contributed by atoms with Gasteiger partial charge in [0.25, 0.3) is 5.91 Å². The summed E-state index contributed by atoms with van der Waals surface area (Å²) in [4.78, 5) is 43.8. The van der Waals surface area contributed by atoms with E-state index in [0.717, 1.165) is 34.2 Å². The number of hydrogen-bond donors (Lipinski definition) is 4. The summed E-state index contributed by atoms with van der Waals surface area (Å²) >= 11 is 0. The SMILES string of the molecule is COC(=O)N[C@H](C(=O)NN(Cc1ccc(-c2cccnc2)cc1)C[C@H](O)[C@H](Cc1ccccc1)NC(=O)OC1=C2COC3OCC1CC23)C(C)(C)C. The number of pyridine rings is 1. The maximum Gasteiger partial charge on any atom is 0.412 e. The number of aromatic nitrogens is 1. The molecule has 6 atom stereocenters. The van der Waals surface area contributed by atoms with E-state index >= 15 is 0 Å². The van der Waals surface area contributed by atoms with Crippen LogP contribution in [0.5, 0.6) is 0 Å². The van der Waals surface area contributed by atoms with Crippen LogP contribution in [-0.4, -0.2) is 84.5 Å². The Kier molecular flexibility index (Phi) is 11.5. The summed E-state index contributed by atoms with van der Waals surface area (Å²) in [6.45, 7) is 6.39. The van der Waals surface area contributed by atoms with E-state index in [1.807, 2.05) is 87.5 Å². The summed E-state index contributed by atoms with van der Waals surface area (Å²) in [5.41, 5.74) is 6.88. The molecule has 1 aromatic heterocycles. The summed E-state index contributed by atoms with van der Waals surface area (Å²) in [6, 6.07) is 19.4. The number of carbonyl (C=O) groups excluding carboxylic acids is 3. The molecule has 276 valence electrons. The van der Waals surface area contributed by atoms with Crippen molar-refractivity contribution in [3.05, 3.63) is 102 Å². The Bertz CT molecular complexity index is 1730. The average Bonchev–Trinajstić information content (AvgIpc) is 3.67. The fourth-order valence-corrected chi connectivity index (χ4v) is 6.97. The Hall–Kier alpha value is -4.82. The van der Waals surface area contributed by atoms with Crippen molar-refractivity contribution in [3.63, 3.8) is 0 Å². The number of alkyl carbamates (subject to hydrolysis) is 2. The minimum absolute atomic E-state index is 0.0204. The molecule has 2 bridgehead atoms. The van der Waals surface area contributed by atoms with Gasteiger partial charge in [-0.25, -0.2) is 14.6 Å². The fourth-order valence-electron chi connectivity index (χ4n) is 6.97. The Morgan fingerprint density at radius 3 is 2.42 bits per heavy atom. The van der Waals surface area contributed by atoms with Crippen molar-refractivity contribution in [3.8, 4) is 11.1 Å². The molecular formula is C39H47N5O8. The second-order valence-corrected chi connectivity index (χ2v) is 14.6. The second-order valence-electron chi connectivity index (χ2n) is 14.6. The Morgan fingerprint density at radius 2 is 1.73 bits per heavy atom. The number of amides is 3. The molecule has 3 aliphatic rings. The molecule has 0 radical (unpaired) electrons. The maximum absolute atomic E-state index is 13.8. The summed E-state index contributed by atoms with van der Waals surface area (Å²) in [7, 11) is 1.23. The van der Waals surface area contributed by atoms with E-state index in [2.05, 4.69) is 21.0 Å². The van der Waals surface area contributed by atoms with Crippen LogP contribution in [0.4, 0.5) is 9.59 Å². The van der Waals surface area contributed by atoms with E-state index in [1.54, 1.807) is 17.4 Å². The van der Waals surface area contributed by atoms with E-state index in [-0.39, 0.29) is 31.2 Å². The topological polar surface area (TPSA) is 161 Å². The Balaban J connectivity index is 1.22. The predicted molar refractivity (Wildman–Crippen MR) is 191 cm³/mol. The number of aliphatic hydroxyl groups is 1. The zero-order valence-electron chi connectivity index (χ0n) is 29.9. The van der Waals surface area contributed by atoms with Gasteiger partial charge in [-0.3, -0.25) is 15.2 Å². The molecule has 3 amide bonds. The first-order valence-electron chi connectivity index (χ1n) is 17.5. The first-order valence-corrected chi connectivity index (χ1v) is 17.5. The van der Waals surface area contributed by atoms with Gasteiger partial charge in [-0.05, 0) is 46.6 Å². The highest BCUT2D eigenvalue weighted by molar-refractivity contribution is 5.86. The summed E-state index contributed by atoms with van der Waals surface area (Å²) in [5, 5.41) is 19.0. The highest BCUT2D eigenvalue weighted by Crippen LogP contribution is 2.48. The normalized spacial score (nSPS) is 20.9. The van der Waals surface area contributed by atoms with Crippen molar-refractivity contribution in [1.29, 1.82) is 0 Å². The van der Waals surface area contributed by atoms with Gasteiger partial charge in [-0.1, -0.05) is 81.4 Å². The number of nitrogens with zero attached hydrogens (tertiary/aromatic N) is 2. The molecule has 13 nitrogen and oxygen atoms in total. The molecule has 2 aromatic carbocycles. The molecule has 13 heteroatoms. The fraction of sp³-hybridized carbons (Fsp3) is 0.436. The largest absolute Gasteiger partial charge is 0.453 e. The van der Waals surface area contributed by atoms with Crippen LogP contribution in [0.3, 0.4) is 0 Å². The van der Waals surface area contributed by atoms with Gasteiger partial charge >= 0.3 is 12.2 Å². The molecule has 3 aromatic rings. The lowest BCUT2D eigenvalue weighted by molar-refractivity contribution is -0.161. The van der Waals surface area contributed by atoms with E-state index in [9.17, 15) is 19.5 Å². The summed E-state index contributed by atoms with van der Waals surface area (Å²) in [6.07, 6.45) is 1.71. The van der Waals surface area contributed by atoms with Crippen molar-refractivity contribution in [2.45, 2.75) is 64.6 Å². The van der Waals surface area contributed by atoms with Crippen LogP contribution in [0, 0.1) is 17.3 Å². The summed E-state index contributed by atoms with van der Waals surface area (Å²) in [5.74, 6) is 0.163. The quantitative estimate of drug-likeness (QED) is 0.188. The molecule has 1 aliphatic carbocycles. The highest BCUT2D eigenvalue weighted by atomic mass is 16.7. The molecule has 0 spiro atoms. The van der Waals surface area contributed by atoms with Crippen LogP contribution in [0.25, 0.3) is 11.1 Å². The monoisotopic (exact) mass is 713 g/mol. The van der Waals surface area contributed by atoms with Crippen molar-refractivity contribution in [2.75, 3.05) is 26.9 Å². The molecular weight excluding hydrogens is 666 g/mol. The number of fused-ring (bicyclic) bond motifs is 1. The maximum atomic E-state index is 13.8. The van der Waals surface area contributed by atoms with Gasteiger partial charge in [-0.2, -0.15) is 0 Å². The molecule has 6 rings (SSSR count). The van der Waals surface area contributed by atoms with Crippen LogP contribution >= 0.6 is 0 Å². The number of methoxy groups -OCH3 is 1. The molecule has 52 heavy (non-hydrogen) atoms. The number of aliphatic hydroxyl groups excluding tert-OH is 1. The molecule has 2 fully saturated rings. The van der Waals surface area contributed by atoms with Gasteiger partial charge in [0.05, 0.1) is 32.5 Å². The zero-order chi connectivity index (χ0) is 36.8. The van der Waals surface area contributed by atoms with E-state index in [0.29, 0.717) is 25.4 Å². The number of ether oxygens (including phenoxy) is 4. The Labute approximate surface area is 303 Å². The van der Waals surface area contributed by atoms with Crippen LogP contribution in [-0.2, 0) is 36.7 Å². The average molecular weight is 714 g/mol. The van der Waals surface area contributed by atoms with Gasteiger partial charge in [0.1, 0.15) is 11.8 Å². The number of nitrogens with one attached hydrogen (secondary N) is 3. The minimum atomic E-state index is -1.17. The third kappa shape index (κ3) is 8.96. The molecule has 3 heterocycles. The highest BCUT2D eigenvalue weighted by Gasteiger charge is 2.49. The van der Waals surface area contributed by atoms with Crippen LogP contribution in [0.15, 0.2) is 90.5 Å². The van der Waals surface area contributed by atoms with Gasteiger partial charge in [0.2, 0.25) is 0 Å². The summed E-state index contributed by atoms with van der Waals surface area (Å²) < 4.78 is 22.2. The first kappa shape index (κ1) is 37.0. The standard InChI is InChI=1S/C39H47N5O8/c1-39(2,3)34(42-37(47)49-4)35(46)43-44(20-25-12-14-26(15-13-25)27-11-8-16-40-19-27)21-32(45)31(17-24-9-6-5-7-10-24)41-38(48)52-33-28-18-29-30(33)23-51-36(29)50-22-28/h5-16,19,28-29,31-32,34,36,45H,17-18,20-23H2,1-4H3,(H,41,48)(H,42,47)(H,43,46)/t28?,29?,31-,32-,34+,36?/m0/s1. The van der Waals surface area contributed by atoms with Gasteiger partial charge in [-0.15, -0.1) is 0 Å². The molecule has 0 saturated carbocycles. The van der Waals surface area contributed by atoms with Gasteiger partial charge < -0.3 is 34.7 Å². The molecule has 3 unspecified atom stereocenters. The van der Waals surface area contributed by atoms with E-state index < -0.39 is 41.7 Å². The number of carbonyl (C=O) groups is 3. The second kappa shape index (κ2) is 16.2. The Morgan fingerprint density at radius 1 is 0.962 bits per heavy atom. The van der Waals surface area contributed by atoms with Crippen LogP contribution in [0.2, 0.25) is 0 Å². The van der Waals surface area contributed by atoms with E-state index in [1.165, 1.54) is 7.11 Å². The molecule has 4 N–H and O–H groups in total. The van der Waals surface area contributed by atoms with Crippen LogP contribution < -0.4 is 16.1 Å². The smallest absolute Gasteiger partial charge is 0.412 e. The van der Waals surface area contributed by atoms with E-state index in [4.69, 9.17) is 18.9 Å². The lowest BCUT2D eigenvalue weighted by Crippen LogP contribution is -2.59. The third-order valence-corrected chi connectivity index (χ3v) is 9.71. The third-order valence-electron chi connectivity index (χ3n) is 9.71. The van der Waals surface area contributed by atoms with Crippen molar-refractivity contribution >= 4 is 18.1 Å². The predicted octanol–water partition coefficient (Wildman–Crippen LogP) is 4.33. The zero-order valence-corrected chi connectivity index (χ0v) is 29.9. The molecule has 2 aliphatic heterocycles. The van der Waals surface area contributed by atoms with Crippen molar-refractivity contribution in [2.24, 2.45) is 17.3 Å². The lowest BCUT2D eigenvalue weighted by atomic mass is 9.86. The number of hydrogen-bond acceptors (Lipinski definition) is 10. The minimum Gasteiger partial charge on any atom is -0.453 e. The van der Waals surface area contributed by atoms with Gasteiger partial charge in [0, 0.05) is 42.9 Å². The lowest BCUT2D eigenvalue weighted by Gasteiger charge is -2.34. The number of rotatable bonds is 13. The number of benzene rings is 2. The molecule has 2 saturated heterocycles. The van der Waals surface area contributed by atoms with Crippen molar-refractivity contribution < 1.29 is 38.4 Å². The van der Waals surface area contributed by atoms with Crippen LogP contribution in [0.1, 0.15) is 38.3 Å².